The number of halogens is 2. The lowest BCUT2D eigenvalue weighted by Gasteiger charge is -2.07. The van der Waals surface area contributed by atoms with Crippen molar-refractivity contribution < 1.29 is 9.18 Å². The third kappa shape index (κ3) is 3.03. The van der Waals surface area contributed by atoms with E-state index in [0.717, 1.165) is 6.07 Å². The minimum atomic E-state index is -0.558. The van der Waals surface area contributed by atoms with Gasteiger partial charge in [0, 0.05) is 22.5 Å². The number of nitrogens with zero attached hydrogens (tertiary/aromatic N) is 2. The quantitative estimate of drug-likeness (QED) is 0.659. The molecule has 0 radical (unpaired) electrons. The van der Waals surface area contributed by atoms with Crippen molar-refractivity contribution in [3.63, 3.8) is 0 Å². The van der Waals surface area contributed by atoms with Crippen LogP contribution in [0.3, 0.4) is 0 Å². The highest BCUT2D eigenvalue weighted by atomic mass is 35.5. The van der Waals surface area contributed by atoms with E-state index in [0.29, 0.717) is 11.3 Å². The Morgan fingerprint density at radius 3 is 2.60 bits per heavy atom. The standard InChI is InChI=1S/C13H12ClFN4O/c1-6-3-11(14)18-13(17-6)19-12(20)8-4-9(15)7(2)10(16)5-8/h3-5H,16H2,1-2H3,(H,17,18,19,20). The number of nitrogen functional groups attached to an aromatic ring is 1. The number of hydrogen-bond donors (Lipinski definition) is 2. The SMILES string of the molecule is Cc1cc(Cl)nc(NC(=O)c2cc(N)c(C)c(F)c2)n1. The van der Waals surface area contributed by atoms with Crippen LogP contribution in [0.15, 0.2) is 18.2 Å². The fraction of sp³-hybridized carbons (Fsp3) is 0.154. The molecule has 2 aromatic rings. The Morgan fingerprint density at radius 1 is 1.30 bits per heavy atom. The lowest BCUT2D eigenvalue weighted by molar-refractivity contribution is 0.102. The van der Waals surface area contributed by atoms with Crippen molar-refractivity contribution in [1.82, 2.24) is 9.97 Å². The van der Waals surface area contributed by atoms with Crippen molar-refractivity contribution >= 4 is 29.1 Å². The molecule has 0 aliphatic rings. The smallest absolute Gasteiger partial charge is 0.258 e. The second-order valence-electron chi connectivity index (χ2n) is 4.28. The van der Waals surface area contributed by atoms with Gasteiger partial charge in [-0.2, -0.15) is 0 Å². The summed E-state index contributed by atoms with van der Waals surface area (Å²) >= 11 is 5.77. The van der Waals surface area contributed by atoms with Crippen LogP contribution in [0, 0.1) is 19.7 Å². The highest BCUT2D eigenvalue weighted by Gasteiger charge is 2.13. The summed E-state index contributed by atoms with van der Waals surface area (Å²) in [5.41, 5.74) is 6.83. The number of aryl methyl sites for hydroxylation is 1. The van der Waals surface area contributed by atoms with Crippen LogP contribution in [0.5, 0.6) is 0 Å². The number of rotatable bonds is 2. The van der Waals surface area contributed by atoms with Crippen LogP contribution in [-0.2, 0) is 0 Å². The molecule has 0 fully saturated rings. The van der Waals surface area contributed by atoms with E-state index in [1.807, 2.05) is 0 Å². The van der Waals surface area contributed by atoms with E-state index in [1.165, 1.54) is 13.0 Å². The number of amides is 1. The molecular weight excluding hydrogens is 283 g/mol. The normalized spacial score (nSPS) is 10.4. The predicted octanol–water partition coefficient (Wildman–Crippen LogP) is 2.72. The first-order valence-electron chi connectivity index (χ1n) is 5.75. The fourth-order valence-corrected chi connectivity index (χ4v) is 1.83. The average Bonchev–Trinajstić information content (AvgIpc) is 2.33. The number of hydrogen-bond acceptors (Lipinski definition) is 4. The highest BCUT2D eigenvalue weighted by Crippen LogP contribution is 2.18. The van der Waals surface area contributed by atoms with Gasteiger partial charge >= 0.3 is 0 Å². The Morgan fingerprint density at radius 2 is 2.00 bits per heavy atom. The highest BCUT2D eigenvalue weighted by molar-refractivity contribution is 6.29. The summed E-state index contributed by atoms with van der Waals surface area (Å²) in [6.45, 7) is 3.25. The Bertz CT molecular complexity index is 647. The molecule has 1 heterocycles. The zero-order valence-corrected chi connectivity index (χ0v) is 11.6. The largest absolute Gasteiger partial charge is 0.398 e. The van der Waals surface area contributed by atoms with Crippen LogP contribution in [-0.4, -0.2) is 15.9 Å². The summed E-state index contributed by atoms with van der Waals surface area (Å²) < 4.78 is 13.6. The fourth-order valence-electron chi connectivity index (χ4n) is 1.59. The molecule has 0 saturated heterocycles. The molecule has 0 aliphatic heterocycles. The number of anilines is 2. The van der Waals surface area contributed by atoms with Gasteiger partial charge in [-0.1, -0.05) is 11.6 Å². The first kappa shape index (κ1) is 14.2. The Hall–Kier alpha value is -2.21. The molecule has 0 saturated carbocycles. The first-order chi connectivity index (χ1) is 9.36. The van der Waals surface area contributed by atoms with Crippen molar-refractivity contribution in [2.24, 2.45) is 0 Å². The topological polar surface area (TPSA) is 80.9 Å². The van der Waals surface area contributed by atoms with Gasteiger partial charge in [0.2, 0.25) is 5.95 Å². The molecule has 20 heavy (non-hydrogen) atoms. The van der Waals surface area contributed by atoms with E-state index in [4.69, 9.17) is 17.3 Å². The van der Waals surface area contributed by atoms with E-state index in [2.05, 4.69) is 15.3 Å². The van der Waals surface area contributed by atoms with Gasteiger partial charge in [-0.3, -0.25) is 10.1 Å². The van der Waals surface area contributed by atoms with Gasteiger partial charge in [0.05, 0.1) is 0 Å². The first-order valence-corrected chi connectivity index (χ1v) is 6.13. The van der Waals surface area contributed by atoms with Crippen LogP contribution >= 0.6 is 11.6 Å². The monoisotopic (exact) mass is 294 g/mol. The molecule has 1 aromatic heterocycles. The van der Waals surface area contributed by atoms with Crippen molar-refractivity contribution in [2.45, 2.75) is 13.8 Å². The van der Waals surface area contributed by atoms with E-state index in [9.17, 15) is 9.18 Å². The number of benzene rings is 1. The molecule has 104 valence electrons. The van der Waals surface area contributed by atoms with Crippen LogP contribution in [0.4, 0.5) is 16.0 Å². The summed E-state index contributed by atoms with van der Waals surface area (Å²) in [4.78, 5) is 19.9. The number of nitrogens with one attached hydrogen (secondary N) is 1. The van der Waals surface area contributed by atoms with E-state index in [1.54, 1.807) is 13.0 Å². The predicted molar refractivity (Wildman–Crippen MR) is 75.3 cm³/mol. The van der Waals surface area contributed by atoms with E-state index < -0.39 is 11.7 Å². The lowest BCUT2D eigenvalue weighted by Crippen LogP contribution is -2.15. The number of nitrogens with two attached hydrogens (primary N) is 1. The van der Waals surface area contributed by atoms with Gasteiger partial charge in [0.15, 0.2) is 0 Å². The molecule has 7 heteroatoms. The minimum Gasteiger partial charge on any atom is -0.398 e. The van der Waals surface area contributed by atoms with Crippen molar-refractivity contribution in [2.75, 3.05) is 11.1 Å². The zero-order chi connectivity index (χ0) is 14.9. The molecule has 1 aromatic carbocycles. The van der Waals surface area contributed by atoms with Gasteiger partial charge in [-0.25, -0.2) is 14.4 Å². The van der Waals surface area contributed by atoms with Crippen molar-refractivity contribution in [3.8, 4) is 0 Å². The molecule has 1 amide bonds. The molecule has 5 nitrogen and oxygen atoms in total. The van der Waals surface area contributed by atoms with Gasteiger partial charge in [-0.15, -0.1) is 0 Å². The van der Waals surface area contributed by atoms with Gasteiger partial charge in [-0.05, 0) is 32.0 Å². The maximum Gasteiger partial charge on any atom is 0.258 e. The third-order valence-electron chi connectivity index (χ3n) is 2.69. The lowest BCUT2D eigenvalue weighted by atomic mass is 10.1. The Balaban J connectivity index is 2.28. The zero-order valence-electron chi connectivity index (χ0n) is 10.9. The van der Waals surface area contributed by atoms with Gasteiger partial charge < -0.3 is 5.73 Å². The Kier molecular flexibility index (Phi) is 3.85. The molecular formula is C13H12ClFN4O. The minimum absolute atomic E-state index is 0.0551. The second-order valence-corrected chi connectivity index (χ2v) is 4.67. The van der Waals surface area contributed by atoms with Crippen LogP contribution < -0.4 is 11.1 Å². The number of aromatic nitrogens is 2. The average molecular weight is 295 g/mol. The molecule has 0 bridgehead atoms. The molecule has 3 N–H and O–H groups in total. The Labute approximate surface area is 120 Å². The summed E-state index contributed by atoms with van der Waals surface area (Å²) in [6, 6.07) is 4.06. The summed E-state index contributed by atoms with van der Waals surface area (Å²) in [5.74, 6) is -1.05. The van der Waals surface area contributed by atoms with Crippen molar-refractivity contribution in [1.29, 1.82) is 0 Å². The second kappa shape index (κ2) is 5.42. The molecule has 0 atom stereocenters. The van der Waals surface area contributed by atoms with Crippen LogP contribution in [0.2, 0.25) is 5.15 Å². The molecule has 0 unspecified atom stereocenters. The summed E-state index contributed by atoms with van der Waals surface area (Å²) in [6.07, 6.45) is 0. The molecule has 0 spiro atoms. The van der Waals surface area contributed by atoms with Crippen LogP contribution in [0.1, 0.15) is 21.6 Å². The number of carbonyl (C=O) groups excluding carboxylic acids is 1. The summed E-state index contributed by atoms with van der Waals surface area (Å²) in [5, 5.41) is 2.66. The third-order valence-corrected chi connectivity index (χ3v) is 2.89. The maximum absolute atomic E-state index is 13.6. The van der Waals surface area contributed by atoms with Gasteiger partial charge in [0.25, 0.3) is 5.91 Å². The number of carbonyl (C=O) groups is 1. The van der Waals surface area contributed by atoms with E-state index in [-0.39, 0.29) is 22.4 Å². The summed E-state index contributed by atoms with van der Waals surface area (Å²) in [7, 11) is 0. The molecule has 2 rings (SSSR count). The van der Waals surface area contributed by atoms with Crippen LogP contribution in [0.25, 0.3) is 0 Å². The van der Waals surface area contributed by atoms with Crippen molar-refractivity contribution in [3.05, 3.63) is 46.0 Å². The maximum atomic E-state index is 13.6. The van der Waals surface area contributed by atoms with Gasteiger partial charge in [0.1, 0.15) is 11.0 Å². The molecule has 0 aliphatic carbocycles. The van der Waals surface area contributed by atoms with E-state index >= 15 is 0 Å².